The Hall–Kier alpha value is -2.27. The number of ether oxygens (including phenoxy) is 1. The number of amides is 1. The molecule has 2 heterocycles. The minimum absolute atomic E-state index is 0.00434. The number of aryl methyl sites for hydroxylation is 1. The van der Waals surface area contributed by atoms with Crippen LogP contribution in [0.25, 0.3) is 0 Å². The molecule has 154 valence electrons. The van der Waals surface area contributed by atoms with Gasteiger partial charge in [0.2, 0.25) is 5.91 Å². The molecule has 0 unspecified atom stereocenters. The molecule has 2 aliphatic rings. The summed E-state index contributed by atoms with van der Waals surface area (Å²) in [5.74, 6) is 1.30. The second-order valence-electron chi connectivity index (χ2n) is 8.13. The maximum Gasteiger partial charge on any atom is 0.339 e. The van der Waals surface area contributed by atoms with Crippen LogP contribution in [0.4, 0.5) is 0 Å². The summed E-state index contributed by atoms with van der Waals surface area (Å²) >= 11 is 6.06. The molecule has 29 heavy (non-hydrogen) atoms. The van der Waals surface area contributed by atoms with E-state index in [0.29, 0.717) is 29.6 Å². The molecular weight excluding hydrogens is 390 g/mol. The highest BCUT2D eigenvalue weighted by molar-refractivity contribution is 6.30. The van der Waals surface area contributed by atoms with Gasteiger partial charge in [-0.05, 0) is 37.5 Å². The molecule has 1 aromatic heterocycles. The van der Waals surface area contributed by atoms with Crippen LogP contribution in [0.3, 0.4) is 0 Å². The minimum Gasteiger partial charge on any atom is -0.490 e. The van der Waals surface area contributed by atoms with Crippen molar-refractivity contribution in [1.29, 1.82) is 0 Å². The SMILES string of the molecule is Cc1cc(OC2CCN(C(=O)C3(c4ccc(Cl)cc4)CCCC3)CC2)cc(=O)o1. The van der Waals surface area contributed by atoms with Gasteiger partial charge in [-0.25, -0.2) is 4.79 Å². The molecule has 0 atom stereocenters. The first-order chi connectivity index (χ1) is 14.0. The Morgan fingerprint density at radius 2 is 1.79 bits per heavy atom. The lowest BCUT2D eigenvalue weighted by Crippen LogP contribution is -2.50. The van der Waals surface area contributed by atoms with Gasteiger partial charge in [0.15, 0.2) is 0 Å². The average molecular weight is 416 g/mol. The Balaban J connectivity index is 1.43. The van der Waals surface area contributed by atoms with Gasteiger partial charge in [-0.15, -0.1) is 0 Å². The highest BCUT2D eigenvalue weighted by Gasteiger charge is 2.45. The summed E-state index contributed by atoms with van der Waals surface area (Å²) in [4.78, 5) is 27.1. The summed E-state index contributed by atoms with van der Waals surface area (Å²) in [5.41, 5.74) is 0.251. The van der Waals surface area contributed by atoms with Crippen LogP contribution in [0.5, 0.6) is 5.75 Å². The van der Waals surface area contributed by atoms with Gasteiger partial charge in [0.1, 0.15) is 17.6 Å². The monoisotopic (exact) mass is 415 g/mol. The average Bonchev–Trinajstić information content (AvgIpc) is 3.19. The number of rotatable bonds is 4. The number of benzene rings is 1. The number of nitrogens with zero attached hydrogens (tertiary/aromatic N) is 1. The van der Waals surface area contributed by atoms with E-state index >= 15 is 0 Å². The topological polar surface area (TPSA) is 59.8 Å². The Morgan fingerprint density at radius 1 is 1.14 bits per heavy atom. The van der Waals surface area contributed by atoms with Gasteiger partial charge in [-0.2, -0.15) is 0 Å². The van der Waals surface area contributed by atoms with Crippen molar-refractivity contribution in [3.8, 4) is 5.75 Å². The first-order valence-corrected chi connectivity index (χ1v) is 10.7. The Labute approximate surface area is 175 Å². The van der Waals surface area contributed by atoms with Gasteiger partial charge in [0.05, 0.1) is 11.5 Å². The molecule has 6 heteroatoms. The summed E-state index contributed by atoms with van der Waals surface area (Å²) < 4.78 is 11.0. The molecule has 1 amide bonds. The van der Waals surface area contributed by atoms with Gasteiger partial charge in [-0.3, -0.25) is 4.79 Å². The fourth-order valence-electron chi connectivity index (χ4n) is 4.69. The van der Waals surface area contributed by atoms with Crippen molar-refractivity contribution >= 4 is 17.5 Å². The fraction of sp³-hybridized carbons (Fsp3) is 0.478. The largest absolute Gasteiger partial charge is 0.490 e. The van der Waals surface area contributed by atoms with Crippen molar-refractivity contribution in [3.05, 3.63) is 63.2 Å². The molecule has 0 spiro atoms. The molecule has 1 aliphatic heterocycles. The van der Waals surface area contributed by atoms with Crippen LogP contribution in [0.2, 0.25) is 5.02 Å². The van der Waals surface area contributed by atoms with Gasteiger partial charge < -0.3 is 14.1 Å². The van der Waals surface area contributed by atoms with Crippen LogP contribution in [-0.2, 0) is 10.2 Å². The van der Waals surface area contributed by atoms with E-state index in [2.05, 4.69) is 0 Å². The molecule has 0 radical (unpaired) electrons. The van der Waals surface area contributed by atoms with E-state index in [0.717, 1.165) is 44.1 Å². The van der Waals surface area contributed by atoms with Crippen LogP contribution >= 0.6 is 11.6 Å². The molecular formula is C23H26ClNO4. The standard InChI is InChI=1S/C23H26ClNO4/c1-16-14-20(15-21(26)28-16)29-19-8-12-25(13-9-19)22(27)23(10-2-3-11-23)17-4-6-18(24)7-5-17/h4-7,14-15,19H,2-3,8-13H2,1H3. The molecule has 1 saturated heterocycles. The van der Waals surface area contributed by atoms with Crippen molar-refractivity contribution < 1.29 is 13.9 Å². The smallest absolute Gasteiger partial charge is 0.339 e. The third-order valence-corrected chi connectivity index (χ3v) is 6.41. The Kier molecular flexibility index (Phi) is 5.68. The van der Waals surface area contributed by atoms with Gasteiger partial charge in [0.25, 0.3) is 0 Å². The van der Waals surface area contributed by atoms with Gasteiger partial charge >= 0.3 is 5.63 Å². The number of carbonyl (C=O) groups is 1. The lowest BCUT2D eigenvalue weighted by molar-refractivity contribution is -0.139. The first kappa shape index (κ1) is 20.0. The first-order valence-electron chi connectivity index (χ1n) is 10.3. The van der Waals surface area contributed by atoms with E-state index in [1.54, 1.807) is 13.0 Å². The number of hydrogen-bond donors (Lipinski definition) is 0. The van der Waals surface area contributed by atoms with Crippen molar-refractivity contribution in [3.63, 3.8) is 0 Å². The summed E-state index contributed by atoms with van der Waals surface area (Å²) in [7, 11) is 0. The molecule has 1 aromatic carbocycles. The maximum absolute atomic E-state index is 13.6. The highest BCUT2D eigenvalue weighted by atomic mass is 35.5. The predicted molar refractivity (Wildman–Crippen MR) is 112 cm³/mol. The molecule has 1 saturated carbocycles. The zero-order valence-corrected chi connectivity index (χ0v) is 17.4. The molecule has 0 bridgehead atoms. The lowest BCUT2D eigenvalue weighted by atomic mass is 9.77. The molecule has 0 N–H and O–H groups in total. The zero-order valence-electron chi connectivity index (χ0n) is 16.7. The van der Waals surface area contributed by atoms with Crippen molar-refractivity contribution in [2.45, 2.75) is 57.0 Å². The van der Waals surface area contributed by atoms with Crippen LogP contribution in [-0.4, -0.2) is 30.0 Å². The number of piperidine rings is 1. The quantitative estimate of drug-likeness (QED) is 0.738. The van der Waals surface area contributed by atoms with Crippen molar-refractivity contribution in [2.24, 2.45) is 0 Å². The third kappa shape index (κ3) is 4.20. The van der Waals surface area contributed by atoms with E-state index < -0.39 is 11.0 Å². The van der Waals surface area contributed by atoms with E-state index in [1.165, 1.54) is 6.07 Å². The van der Waals surface area contributed by atoms with E-state index in [1.807, 2.05) is 29.2 Å². The van der Waals surface area contributed by atoms with Crippen LogP contribution in [0, 0.1) is 6.92 Å². The second kappa shape index (κ2) is 8.23. The van der Waals surface area contributed by atoms with E-state index in [-0.39, 0.29) is 12.0 Å². The van der Waals surface area contributed by atoms with E-state index in [4.69, 9.17) is 20.8 Å². The minimum atomic E-state index is -0.423. The van der Waals surface area contributed by atoms with Crippen molar-refractivity contribution in [2.75, 3.05) is 13.1 Å². The van der Waals surface area contributed by atoms with Gasteiger partial charge in [-0.1, -0.05) is 36.6 Å². The number of hydrogen-bond acceptors (Lipinski definition) is 4. The molecule has 5 nitrogen and oxygen atoms in total. The highest BCUT2D eigenvalue weighted by Crippen LogP contribution is 2.43. The predicted octanol–water partition coefficient (Wildman–Crippen LogP) is 4.48. The summed E-state index contributed by atoms with van der Waals surface area (Å²) in [6.07, 6.45) is 5.43. The fourth-order valence-corrected chi connectivity index (χ4v) is 4.82. The Morgan fingerprint density at radius 3 is 2.41 bits per heavy atom. The molecule has 1 aliphatic carbocycles. The third-order valence-electron chi connectivity index (χ3n) is 6.16. The lowest BCUT2D eigenvalue weighted by Gasteiger charge is -2.38. The summed E-state index contributed by atoms with van der Waals surface area (Å²) in [5, 5.41) is 0.692. The Bertz CT molecular complexity index is 923. The van der Waals surface area contributed by atoms with Crippen LogP contribution in [0.15, 0.2) is 45.6 Å². The van der Waals surface area contributed by atoms with Crippen LogP contribution < -0.4 is 10.4 Å². The van der Waals surface area contributed by atoms with Crippen LogP contribution in [0.1, 0.15) is 49.8 Å². The molecule has 4 rings (SSSR count). The van der Waals surface area contributed by atoms with Crippen molar-refractivity contribution in [1.82, 2.24) is 4.90 Å². The van der Waals surface area contributed by atoms with Gasteiger partial charge in [0, 0.05) is 37.0 Å². The normalized spacial score (nSPS) is 19.3. The molecule has 2 fully saturated rings. The number of halogens is 1. The number of carbonyl (C=O) groups excluding carboxylic acids is 1. The second-order valence-corrected chi connectivity index (χ2v) is 8.56. The number of likely N-dealkylation sites (tertiary alicyclic amines) is 1. The summed E-state index contributed by atoms with van der Waals surface area (Å²) in [6.45, 7) is 3.06. The van der Waals surface area contributed by atoms with E-state index in [9.17, 15) is 9.59 Å². The molecule has 2 aromatic rings. The maximum atomic E-state index is 13.6. The zero-order chi connectivity index (χ0) is 20.4. The summed E-state index contributed by atoms with van der Waals surface area (Å²) in [6, 6.07) is 10.9.